The third kappa shape index (κ3) is 3.24. The molecule has 2 N–H and O–H groups in total. The Balaban J connectivity index is 1.64. The molecule has 0 aliphatic heterocycles. The van der Waals surface area contributed by atoms with Gasteiger partial charge in [-0.2, -0.15) is 0 Å². The molecule has 1 aliphatic rings. The lowest BCUT2D eigenvalue weighted by Crippen LogP contribution is -2.21. The maximum atomic E-state index is 9.28. The highest BCUT2D eigenvalue weighted by atomic mass is 16.3. The van der Waals surface area contributed by atoms with E-state index in [0.29, 0.717) is 5.75 Å². The number of benzene rings is 1. The molecule has 1 aliphatic carbocycles. The number of nitrogens with one attached hydrogen (secondary N) is 1. The first-order chi connectivity index (χ1) is 7.34. The van der Waals surface area contributed by atoms with Gasteiger partial charge in [-0.05, 0) is 36.6 Å². The lowest BCUT2D eigenvalue weighted by molar-refractivity contribution is 0.292. The third-order valence-electron chi connectivity index (χ3n) is 3.19. The molecule has 0 unspecified atom stereocenters. The van der Waals surface area contributed by atoms with Crippen LogP contribution in [0.4, 0.5) is 0 Å². The Morgan fingerprint density at radius 3 is 2.87 bits per heavy atom. The van der Waals surface area contributed by atoms with Crippen LogP contribution in [0.15, 0.2) is 24.3 Å². The topological polar surface area (TPSA) is 32.3 Å². The van der Waals surface area contributed by atoms with Gasteiger partial charge in [0.1, 0.15) is 5.75 Å². The van der Waals surface area contributed by atoms with Crippen molar-refractivity contribution in [2.24, 2.45) is 5.92 Å². The van der Waals surface area contributed by atoms with Crippen molar-refractivity contribution in [3.8, 4) is 5.75 Å². The molecule has 1 fully saturated rings. The van der Waals surface area contributed by atoms with Crippen LogP contribution in [0, 0.1) is 5.92 Å². The van der Waals surface area contributed by atoms with Gasteiger partial charge in [0.25, 0.3) is 0 Å². The second kappa shape index (κ2) is 5.17. The summed E-state index contributed by atoms with van der Waals surface area (Å²) in [5.74, 6) is 1.33. The first-order valence-electron chi connectivity index (χ1n) is 5.83. The van der Waals surface area contributed by atoms with E-state index in [1.165, 1.54) is 25.7 Å². The summed E-state index contributed by atoms with van der Waals surface area (Å²) in [6.45, 7) is 1.96. The Bertz CT molecular complexity index is 307. The van der Waals surface area contributed by atoms with Crippen molar-refractivity contribution >= 4 is 0 Å². The monoisotopic (exact) mass is 205 g/mol. The maximum absolute atomic E-state index is 9.28. The normalized spacial score (nSPS) is 16.3. The van der Waals surface area contributed by atoms with E-state index in [1.54, 1.807) is 6.07 Å². The Morgan fingerprint density at radius 2 is 2.20 bits per heavy atom. The predicted molar refractivity (Wildman–Crippen MR) is 61.8 cm³/mol. The van der Waals surface area contributed by atoms with Crippen LogP contribution in [0.5, 0.6) is 5.75 Å². The minimum absolute atomic E-state index is 0.355. The van der Waals surface area contributed by atoms with Crippen molar-refractivity contribution in [2.45, 2.75) is 32.2 Å². The van der Waals surface area contributed by atoms with Crippen molar-refractivity contribution in [1.29, 1.82) is 0 Å². The number of phenols is 1. The van der Waals surface area contributed by atoms with Crippen LogP contribution in [0.2, 0.25) is 0 Å². The van der Waals surface area contributed by atoms with Gasteiger partial charge in [0.05, 0.1) is 0 Å². The Morgan fingerprint density at radius 1 is 1.33 bits per heavy atom. The van der Waals surface area contributed by atoms with E-state index in [0.717, 1.165) is 24.6 Å². The number of hydrogen-bond donors (Lipinski definition) is 2. The van der Waals surface area contributed by atoms with Crippen molar-refractivity contribution in [3.05, 3.63) is 29.8 Å². The van der Waals surface area contributed by atoms with Crippen LogP contribution in [0.3, 0.4) is 0 Å². The van der Waals surface area contributed by atoms with Gasteiger partial charge in [-0.25, -0.2) is 0 Å². The van der Waals surface area contributed by atoms with Crippen molar-refractivity contribution in [1.82, 2.24) is 5.32 Å². The average molecular weight is 205 g/mol. The molecule has 15 heavy (non-hydrogen) atoms. The SMILES string of the molecule is Oc1cccc(CNCCC2CCC2)c1. The molecule has 1 aromatic rings. The lowest BCUT2D eigenvalue weighted by atomic mass is 9.83. The molecule has 0 aromatic heterocycles. The zero-order valence-corrected chi connectivity index (χ0v) is 9.08. The van der Waals surface area contributed by atoms with E-state index < -0.39 is 0 Å². The van der Waals surface area contributed by atoms with E-state index in [1.807, 2.05) is 18.2 Å². The molecule has 0 spiro atoms. The number of phenolic OH excluding ortho intramolecular Hbond substituents is 1. The summed E-state index contributed by atoms with van der Waals surface area (Å²) in [7, 11) is 0. The molecule has 82 valence electrons. The summed E-state index contributed by atoms with van der Waals surface area (Å²) in [5.41, 5.74) is 1.16. The predicted octanol–water partition coefficient (Wildman–Crippen LogP) is 2.67. The molecule has 1 saturated carbocycles. The van der Waals surface area contributed by atoms with Gasteiger partial charge < -0.3 is 10.4 Å². The quantitative estimate of drug-likeness (QED) is 0.724. The summed E-state index contributed by atoms with van der Waals surface area (Å²) in [6, 6.07) is 7.45. The number of rotatable bonds is 5. The van der Waals surface area contributed by atoms with Gasteiger partial charge >= 0.3 is 0 Å². The van der Waals surface area contributed by atoms with Crippen LogP contribution in [-0.2, 0) is 6.54 Å². The Kier molecular flexibility index (Phi) is 3.62. The van der Waals surface area contributed by atoms with Crippen LogP contribution in [-0.4, -0.2) is 11.7 Å². The smallest absolute Gasteiger partial charge is 0.115 e. The molecule has 1 aromatic carbocycles. The summed E-state index contributed by atoms with van der Waals surface area (Å²) >= 11 is 0. The van der Waals surface area contributed by atoms with Gasteiger partial charge in [-0.15, -0.1) is 0 Å². The molecule has 0 radical (unpaired) electrons. The van der Waals surface area contributed by atoms with E-state index in [9.17, 15) is 5.11 Å². The van der Waals surface area contributed by atoms with Crippen molar-refractivity contribution in [2.75, 3.05) is 6.54 Å². The molecule has 0 saturated heterocycles. The van der Waals surface area contributed by atoms with Crippen LogP contribution < -0.4 is 5.32 Å². The molecular formula is C13H19NO. The number of aromatic hydroxyl groups is 1. The number of hydrogen-bond acceptors (Lipinski definition) is 2. The molecule has 2 rings (SSSR count). The van der Waals surface area contributed by atoms with Crippen LogP contribution >= 0.6 is 0 Å². The van der Waals surface area contributed by atoms with Crippen LogP contribution in [0.1, 0.15) is 31.2 Å². The molecular weight excluding hydrogens is 186 g/mol. The second-order valence-electron chi connectivity index (χ2n) is 4.43. The lowest BCUT2D eigenvalue weighted by Gasteiger charge is -2.25. The standard InChI is InChI=1S/C13H19NO/c15-13-6-2-5-12(9-13)10-14-8-7-11-3-1-4-11/h2,5-6,9,11,14-15H,1,3-4,7-8,10H2. The third-order valence-corrected chi connectivity index (χ3v) is 3.19. The first kappa shape index (κ1) is 10.5. The average Bonchev–Trinajstić information content (AvgIpc) is 2.15. The van der Waals surface area contributed by atoms with Crippen molar-refractivity contribution in [3.63, 3.8) is 0 Å². The fraction of sp³-hybridized carbons (Fsp3) is 0.538. The fourth-order valence-electron chi connectivity index (χ4n) is 1.99. The maximum Gasteiger partial charge on any atom is 0.115 e. The van der Waals surface area contributed by atoms with Gasteiger partial charge in [0, 0.05) is 6.54 Å². The molecule has 2 nitrogen and oxygen atoms in total. The van der Waals surface area contributed by atoms with Gasteiger partial charge in [0.2, 0.25) is 0 Å². The first-order valence-corrected chi connectivity index (χ1v) is 5.83. The van der Waals surface area contributed by atoms with Gasteiger partial charge in [-0.3, -0.25) is 0 Å². The summed E-state index contributed by atoms with van der Waals surface area (Å²) < 4.78 is 0. The summed E-state index contributed by atoms with van der Waals surface area (Å²) in [6.07, 6.45) is 5.58. The fourth-order valence-corrected chi connectivity index (χ4v) is 1.99. The second-order valence-corrected chi connectivity index (χ2v) is 4.43. The van der Waals surface area contributed by atoms with Crippen LogP contribution in [0.25, 0.3) is 0 Å². The Hall–Kier alpha value is -1.02. The highest BCUT2D eigenvalue weighted by Crippen LogP contribution is 2.28. The zero-order valence-electron chi connectivity index (χ0n) is 9.08. The Labute approximate surface area is 91.3 Å². The van der Waals surface area contributed by atoms with Gasteiger partial charge in [-0.1, -0.05) is 31.4 Å². The zero-order chi connectivity index (χ0) is 10.5. The molecule has 0 heterocycles. The van der Waals surface area contributed by atoms with Gasteiger partial charge in [0.15, 0.2) is 0 Å². The molecule has 2 heteroatoms. The molecule has 0 atom stereocenters. The highest BCUT2D eigenvalue weighted by Gasteiger charge is 2.15. The minimum atomic E-state index is 0.355. The minimum Gasteiger partial charge on any atom is -0.508 e. The highest BCUT2D eigenvalue weighted by molar-refractivity contribution is 5.26. The molecule has 0 amide bonds. The van der Waals surface area contributed by atoms with E-state index >= 15 is 0 Å². The van der Waals surface area contributed by atoms with E-state index in [4.69, 9.17) is 0 Å². The van der Waals surface area contributed by atoms with E-state index in [2.05, 4.69) is 5.32 Å². The summed E-state index contributed by atoms with van der Waals surface area (Å²) in [4.78, 5) is 0. The van der Waals surface area contributed by atoms with Crippen molar-refractivity contribution < 1.29 is 5.11 Å². The molecule has 0 bridgehead atoms. The van der Waals surface area contributed by atoms with E-state index in [-0.39, 0.29) is 0 Å². The summed E-state index contributed by atoms with van der Waals surface area (Å²) in [5, 5.41) is 12.7. The largest absolute Gasteiger partial charge is 0.508 e.